The summed E-state index contributed by atoms with van der Waals surface area (Å²) in [5.41, 5.74) is 2.28. The molecule has 0 unspecified atom stereocenters. The van der Waals surface area contributed by atoms with E-state index in [0.717, 1.165) is 42.7 Å². The van der Waals surface area contributed by atoms with Crippen LogP contribution in [0, 0.1) is 20.8 Å². The lowest BCUT2D eigenvalue weighted by molar-refractivity contribution is 0.555. The van der Waals surface area contributed by atoms with Crippen LogP contribution in [0.3, 0.4) is 0 Å². The zero-order valence-electron chi connectivity index (χ0n) is 14.4. The number of aryl methyl sites for hydroxylation is 4. The minimum Gasteiger partial charge on any atom is -0.357 e. The Hall–Kier alpha value is -1.89. The molecule has 2 heterocycles. The Bertz CT molecular complexity index is 643. The van der Waals surface area contributed by atoms with Crippen LogP contribution in [-0.4, -0.2) is 33.8 Å². The van der Waals surface area contributed by atoms with E-state index in [4.69, 9.17) is 0 Å². The van der Waals surface area contributed by atoms with Crippen LogP contribution >= 0.6 is 11.3 Å². The van der Waals surface area contributed by atoms with E-state index in [2.05, 4.69) is 57.2 Å². The van der Waals surface area contributed by atoms with Crippen LogP contribution in [-0.2, 0) is 13.1 Å². The maximum Gasteiger partial charge on any atom is 0.191 e. The van der Waals surface area contributed by atoms with E-state index in [0.29, 0.717) is 6.54 Å². The van der Waals surface area contributed by atoms with Gasteiger partial charge < -0.3 is 10.6 Å². The van der Waals surface area contributed by atoms with Gasteiger partial charge in [-0.25, -0.2) is 9.98 Å². The average Bonchev–Trinajstić information content (AvgIpc) is 3.06. The van der Waals surface area contributed by atoms with Crippen molar-refractivity contribution < 1.29 is 0 Å². The van der Waals surface area contributed by atoms with Gasteiger partial charge in [0.2, 0.25) is 0 Å². The number of rotatable bonds is 7. The first-order valence-corrected chi connectivity index (χ1v) is 8.84. The number of thiazole rings is 1. The molecule has 7 heteroatoms. The van der Waals surface area contributed by atoms with Gasteiger partial charge in [-0.2, -0.15) is 5.10 Å². The minimum absolute atomic E-state index is 0.616. The third kappa shape index (κ3) is 5.67. The van der Waals surface area contributed by atoms with E-state index in [1.165, 1.54) is 10.6 Å². The van der Waals surface area contributed by atoms with Crippen molar-refractivity contribution in [2.45, 2.75) is 47.2 Å². The van der Waals surface area contributed by atoms with E-state index in [-0.39, 0.29) is 0 Å². The first-order valence-electron chi connectivity index (χ1n) is 8.03. The summed E-state index contributed by atoms with van der Waals surface area (Å²) >= 11 is 1.69. The molecule has 2 N–H and O–H groups in total. The zero-order valence-corrected chi connectivity index (χ0v) is 15.2. The predicted octanol–water partition coefficient (Wildman–Crippen LogP) is 2.41. The summed E-state index contributed by atoms with van der Waals surface area (Å²) in [5, 5.41) is 12.2. The summed E-state index contributed by atoms with van der Waals surface area (Å²) in [4.78, 5) is 10.1. The topological polar surface area (TPSA) is 67.1 Å². The monoisotopic (exact) mass is 334 g/mol. The molecule has 0 aromatic carbocycles. The van der Waals surface area contributed by atoms with Gasteiger partial charge in [-0.05, 0) is 40.2 Å². The first-order chi connectivity index (χ1) is 11.1. The Morgan fingerprint density at radius 2 is 2.13 bits per heavy atom. The van der Waals surface area contributed by atoms with Gasteiger partial charge in [-0.3, -0.25) is 4.68 Å². The van der Waals surface area contributed by atoms with Crippen LogP contribution in [0.4, 0.5) is 0 Å². The molecule has 0 saturated carbocycles. The highest BCUT2D eigenvalue weighted by Crippen LogP contribution is 2.11. The predicted molar refractivity (Wildman–Crippen MR) is 96.0 cm³/mol. The van der Waals surface area contributed by atoms with Crippen LogP contribution < -0.4 is 10.6 Å². The molecular formula is C16H26N6S. The van der Waals surface area contributed by atoms with Gasteiger partial charge in [-0.15, -0.1) is 11.3 Å². The molecule has 0 aliphatic rings. The molecule has 126 valence electrons. The third-order valence-corrected chi connectivity index (χ3v) is 4.23. The molecule has 0 atom stereocenters. The second-order valence-electron chi connectivity index (χ2n) is 5.49. The Balaban J connectivity index is 1.78. The van der Waals surface area contributed by atoms with Crippen molar-refractivity contribution in [1.82, 2.24) is 25.4 Å². The maximum absolute atomic E-state index is 4.58. The molecule has 2 aromatic rings. The summed E-state index contributed by atoms with van der Waals surface area (Å²) in [5.74, 6) is 0.841. The molecule has 0 aliphatic carbocycles. The zero-order chi connectivity index (χ0) is 16.7. The largest absolute Gasteiger partial charge is 0.357 e. The Labute approximate surface area is 142 Å². The molecule has 23 heavy (non-hydrogen) atoms. The molecule has 2 rings (SSSR count). The molecule has 2 aromatic heterocycles. The number of nitrogens with zero attached hydrogens (tertiary/aromatic N) is 4. The Morgan fingerprint density at radius 3 is 2.74 bits per heavy atom. The number of hydrogen-bond donors (Lipinski definition) is 2. The number of hydrogen-bond acceptors (Lipinski definition) is 4. The molecule has 0 aliphatic heterocycles. The van der Waals surface area contributed by atoms with E-state index in [9.17, 15) is 0 Å². The lowest BCUT2D eigenvalue weighted by Gasteiger charge is -2.11. The Morgan fingerprint density at radius 1 is 1.30 bits per heavy atom. The highest BCUT2D eigenvalue weighted by atomic mass is 32.1. The summed E-state index contributed by atoms with van der Waals surface area (Å²) in [6.45, 7) is 11.5. The smallest absolute Gasteiger partial charge is 0.191 e. The van der Waals surface area contributed by atoms with Crippen molar-refractivity contribution in [3.8, 4) is 0 Å². The standard InChI is InChI=1S/C16H26N6S/c1-5-17-16(20-11-15-19-10-14(4)23-15)18-7-6-8-22-13(3)9-12(2)21-22/h9-10H,5-8,11H2,1-4H3,(H2,17,18,20). The molecule has 0 amide bonds. The van der Waals surface area contributed by atoms with Gasteiger partial charge in [0.1, 0.15) is 5.01 Å². The lowest BCUT2D eigenvalue weighted by Crippen LogP contribution is -2.38. The lowest BCUT2D eigenvalue weighted by atomic mass is 10.4. The van der Waals surface area contributed by atoms with Crippen molar-refractivity contribution in [2.24, 2.45) is 4.99 Å². The fraction of sp³-hybridized carbons (Fsp3) is 0.562. The summed E-state index contributed by atoms with van der Waals surface area (Å²) in [7, 11) is 0. The van der Waals surface area contributed by atoms with Gasteiger partial charge in [0.25, 0.3) is 0 Å². The van der Waals surface area contributed by atoms with Gasteiger partial charge in [0.05, 0.1) is 12.2 Å². The van der Waals surface area contributed by atoms with Crippen molar-refractivity contribution in [3.05, 3.63) is 33.5 Å². The average molecular weight is 334 g/mol. The fourth-order valence-electron chi connectivity index (χ4n) is 2.30. The summed E-state index contributed by atoms with van der Waals surface area (Å²) in [6.07, 6.45) is 2.90. The third-order valence-electron chi connectivity index (χ3n) is 3.33. The molecule has 0 saturated heterocycles. The normalized spacial score (nSPS) is 11.7. The second-order valence-corrected chi connectivity index (χ2v) is 6.81. The summed E-state index contributed by atoms with van der Waals surface area (Å²) < 4.78 is 2.05. The van der Waals surface area contributed by atoms with Crippen LogP contribution in [0.25, 0.3) is 0 Å². The van der Waals surface area contributed by atoms with Crippen LogP contribution in [0.5, 0.6) is 0 Å². The van der Waals surface area contributed by atoms with Crippen LogP contribution in [0.15, 0.2) is 17.3 Å². The van der Waals surface area contributed by atoms with Gasteiger partial charge in [0, 0.05) is 36.4 Å². The van der Waals surface area contributed by atoms with E-state index in [1.807, 2.05) is 13.1 Å². The van der Waals surface area contributed by atoms with Crippen LogP contribution in [0.2, 0.25) is 0 Å². The van der Waals surface area contributed by atoms with Crippen molar-refractivity contribution in [3.63, 3.8) is 0 Å². The van der Waals surface area contributed by atoms with Crippen LogP contribution in [0.1, 0.15) is 34.6 Å². The number of nitrogens with one attached hydrogen (secondary N) is 2. The van der Waals surface area contributed by atoms with E-state index >= 15 is 0 Å². The highest BCUT2D eigenvalue weighted by Gasteiger charge is 2.02. The molecule has 6 nitrogen and oxygen atoms in total. The maximum atomic E-state index is 4.58. The first kappa shape index (κ1) is 17.5. The molecule has 0 bridgehead atoms. The fourth-order valence-corrected chi connectivity index (χ4v) is 3.01. The van der Waals surface area contributed by atoms with Gasteiger partial charge >= 0.3 is 0 Å². The van der Waals surface area contributed by atoms with E-state index in [1.54, 1.807) is 11.3 Å². The van der Waals surface area contributed by atoms with Crippen molar-refractivity contribution in [2.75, 3.05) is 13.1 Å². The summed E-state index contributed by atoms with van der Waals surface area (Å²) in [6, 6.07) is 2.11. The van der Waals surface area contributed by atoms with Gasteiger partial charge in [-0.1, -0.05) is 0 Å². The quantitative estimate of drug-likeness (QED) is 0.463. The highest BCUT2D eigenvalue weighted by molar-refractivity contribution is 7.11. The number of aromatic nitrogens is 3. The SMILES string of the molecule is CCNC(=NCc1ncc(C)s1)NCCCn1nc(C)cc1C. The number of aliphatic imine (C=N–C) groups is 1. The van der Waals surface area contributed by atoms with E-state index < -0.39 is 0 Å². The van der Waals surface area contributed by atoms with Crippen molar-refractivity contribution in [1.29, 1.82) is 0 Å². The minimum atomic E-state index is 0.616. The second kappa shape index (κ2) is 8.67. The molecular weight excluding hydrogens is 308 g/mol. The molecule has 0 fully saturated rings. The van der Waals surface area contributed by atoms with Crippen molar-refractivity contribution >= 4 is 17.3 Å². The van der Waals surface area contributed by atoms with Gasteiger partial charge in [0.15, 0.2) is 5.96 Å². The Kier molecular flexibility index (Phi) is 6.58. The number of guanidine groups is 1. The molecule has 0 radical (unpaired) electrons. The molecule has 0 spiro atoms.